The minimum absolute atomic E-state index is 0.100. The van der Waals surface area contributed by atoms with Gasteiger partial charge >= 0.3 is 0 Å². The van der Waals surface area contributed by atoms with Crippen LogP contribution in [0.5, 0.6) is 11.5 Å². The molecule has 0 unspecified atom stereocenters. The Labute approximate surface area is 248 Å². The topological polar surface area (TPSA) is 105 Å². The van der Waals surface area contributed by atoms with Crippen molar-refractivity contribution in [2.24, 2.45) is 0 Å². The summed E-state index contributed by atoms with van der Waals surface area (Å²) in [6.07, 6.45) is 2.05. The lowest BCUT2D eigenvalue weighted by Crippen LogP contribution is -2.54. The zero-order valence-corrected chi connectivity index (χ0v) is 25.4. The third-order valence-corrected chi connectivity index (χ3v) is 8.34. The van der Waals surface area contributed by atoms with E-state index in [1.165, 1.54) is 4.90 Å². The van der Waals surface area contributed by atoms with E-state index in [9.17, 15) is 18.0 Å². The molecule has 1 heterocycles. The molecule has 3 aromatic rings. The van der Waals surface area contributed by atoms with Crippen molar-refractivity contribution in [2.75, 3.05) is 30.3 Å². The normalized spacial score (nSPS) is 14.0. The molecule has 0 fully saturated rings. The number of carbonyl (C=O) groups excluding carboxylic acids is 2. The van der Waals surface area contributed by atoms with Crippen LogP contribution in [0.1, 0.15) is 37.0 Å². The predicted octanol–water partition coefficient (Wildman–Crippen LogP) is 4.09. The largest absolute Gasteiger partial charge is 0.486 e. The maximum atomic E-state index is 14.2. The minimum Gasteiger partial charge on any atom is -0.486 e. The molecule has 0 radical (unpaired) electrons. The van der Waals surface area contributed by atoms with Crippen LogP contribution >= 0.6 is 0 Å². The number of aryl methyl sites for hydroxylation is 1. The Morgan fingerprint density at radius 2 is 1.62 bits per heavy atom. The van der Waals surface area contributed by atoms with Crippen LogP contribution in [0.25, 0.3) is 0 Å². The molecule has 0 aliphatic carbocycles. The van der Waals surface area contributed by atoms with Crippen LogP contribution in [0.3, 0.4) is 0 Å². The SMILES string of the molecule is CC[C@@H](C)NC(=O)[C@H](Cc1ccccc1)N(Cc1cccc(C)c1)C(=O)CN(c1ccc2c(c1)OCCO2)S(C)(=O)=O. The molecule has 2 atom stereocenters. The first kappa shape index (κ1) is 30.9. The molecule has 2 amide bonds. The van der Waals surface area contributed by atoms with Crippen molar-refractivity contribution >= 4 is 27.5 Å². The lowest BCUT2D eigenvalue weighted by molar-refractivity contribution is -0.140. The standard InChI is InChI=1S/C32H39N3O6S/c1-5-24(3)33-32(37)28(19-25-11-7-6-8-12-25)34(21-26-13-9-10-23(2)18-26)31(36)22-35(42(4,38)39)27-14-15-29-30(20-27)41-17-16-40-29/h6-15,18,20,24,28H,5,16-17,19,21-22H2,1-4H3,(H,33,37)/t24-,28+/m1/s1. The van der Waals surface area contributed by atoms with Crippen molar-refractivity contribution < 1.29 is 27.5 Å². The van der Waals surface area contributed by atoms with Crippen molar-refractivity contribution in [3.63, 3.8) is 0 Å². The van der Waals surface area contributed by atoms with E-state index in [1.807, 2.05) is 75.4 Å². The third-order valence-electron chi connectivity index (χ3n) is 7.20. The van der Waals surface area contributed by atoms with E-state index in [-0.39, 0.29) is 30.6 Å². The van der Waals surface area contributed by atoms with E-state index in [1.54, 1.807) is 18.2 Å². The van der Waals surface area contributed by atoms with Crippen LogP contribution in [0.2, 0.25) is 0 Å². The molecule has 0 aromatic heterocycles. The van der Waals surface area contributed by atoms with Gasteiger partial charge in [-0.05, 0) is 43.5 Å². The van der Waals surface area contributed by atoms with Crippen molar-refractivity contribution in [3.8, 4) is 11.5 Å². The summed E-state index contributed by atoms with van der Waals surface area (Å²) in [4.78, 5) is 29.5. The summed E-state index contributed by atoms with van der Waals surface area (Å²) < 4.78 is 38.4. The highest BCUT2D eigenvalue weighted by molar-refractivity contribution is 7.92. The summed E-state index contributed by atoms with van der Waals surface area (Å²) in [5, 5.41) is 3.04. The molecule has 3 aromatic carbocycles. The highest BCUT2D eigenvalue weighted by Crippen LogP contribution is 2.34. The maximum absolute atomic E-state index is 14.2. The summed E-state index contributed by atoms with van der Waals surface area (Å²) in [7, 11) is -3.89. The Balaban J connectivity index is 1.73. The molecule has 1 aliphatic heterocycles. The number of fused-ring (bicyclic) bond motifs is 1. The number of benzene rings is 3. The average molecular weight is 594 g/mol. The molecule has 0 spiro atoms. The second-order valence-corrected chi connectivity index (χ2v) is 12.5. The quantitative estimate of drug-likeness (QED) is 0.339. The van der Waals surface area contributed by atoms with Gasteiger partial charge in [-0.3, -0.25) is 13.9 Å². The third kappa shape index (κ3) is 8.03. The molecule has 10 heteroatoms. The van der Waals surface area contributed by atoms with Gasteiger partial charge in [0.25, 0.3) is 0 Å². The lowest BCUT2D eigenvalue weighted by atomic mass is 10.0. The zero-order valence-electron chi connectivity index (χ0n) is 24.6. The number of hydrogen-bond donors (Lipinski definition) is 1. The van der Waals surface area contributed by atoms with Crippen molar-refractivity contribution in [2.45, 2.75) is 52.2 Å². The van der Waals surface area contributed by atoms with E-state index in [0.29, 0.717) is 24.7 Å². The Kier molecular flexibility index (Phi) is 10.1. The van der Waals surface area contributed by atoms with Crippen molar-refractivity contribution in [1.82, 2.24) is 10.2 Å². The Bertz CT molecular complexity index is 1500. The molecule has 4 rings (SSSR count). The summed E-state index contributed by atoms with van der Waals surface area (Å²) in [6, 6.07) is 21.0. The van der Waals surface area contributed by atoms with Gasteiger partial charge in [0, 0.05) is 25.1 Å². The molecular formula is C32H39N3O6S. The second kappa shape index (κ2) is 13.7. The number of amides is 2. The highest BCUT2D eigenvalue weighted by Gasteiger charge is 2.33. The number of ether oxygens (including phenoxy) is 2. The van der Waals surface area contributed by atoms with Gasteiger partial charge in [-0.15, -0.1) is 0 Å². The monoisotopic (exact) mass is 593 g/mol. The fourth-order valence-electron chi connectivity index (χ4n) is 4.80. The molecule has 0 bridgehead atoms. The number of sulfonamides is 1. The number of carbonyl (C=O) groups is 2. The van der Waals surface area contributed by atoms with Crippen LogP contribution in [-0.4, -0.2) is 63.2 Å². The van der Waals surface area contributed by atoms with Gasteiger partial charge in [-0.2, -0.15) is 0 Å². The van der Waals surface area contributed by atoms with E-state index in [4.69, 9.17) is 9.47 Å². The summed E-state index contributed by atoms with van der Waals surface area (Å²) in [5.74, 6) is 0.123. The first-order chi connectivity index (χ1) is 20.0. The lowest BCUT2D eigenvalue weighted by Gasteiger charge is -2.34. The molecule has 224 valence electrons. The molecule has 0 saturated carbocycles. The number of hydrogen-bond acceptors (Lipinski definition) is 6. The number of rotatable bonds is 12. The fourth-order valence-corrected chi connectivity index (χ4v) is 5.64. The minimum atomic E-state index is -3.89. The fraction of sp³-hybridized carbons (Fsp3) is 0.375. The summed E-state index contributed by atoms with van der Waals surface area (Å²) in [6.45, 7) is 6.22. The zero-order chi connectivity index (χ0) is 30.3. The molecule has 42 heavy (non-hydrogen) atoms. The van der Waals surface area contributed by atoms with Crippen molar-refractivity contribution in [3.05, 3.63) is 89.5 Å². The summed E-state index contributed by atoms with van der Waals surface area (Å²) >= 11 is 0. The van der Waals surface area contributed by atoms with Gasteiger partial charge in [0.05, 0.1) is 11.9 Å². The van der Waals surface area contributed by atoms with Gasteiger partial charge in [-0.1, -0.05) is 67.1 Å². The molecule has 1 N–H and O–H groups in total. The van der Waals surface area contributed by atoms with E-state index >= 15 is 0 Å². The van der Waals surface area contributed by atoms with Crippen LogP contribution in [0, 0.1) is 6.92 Å². The first-order valence-corrected chi connectivity index (χ1v) is 16.0. The first-order valence-electron chi connectivity index (χ1n) is 14.1. The van der Waals surface area contributed by atoms with E-state index in [2.05, 4.69) is 5.32 Å². The van der Waals surface area contributed by atoms with Gasteiger partial charge in [0.15, 0.2) is 11.5 Å². The number of nitrogens with zero attached hydrogens (tertiary/aromatic N) is 2. The molecule has 0 saturated heterocycles. The van der Waals surface area contributed by atoms with E-state index < -0.39 is 28.5 Å². The molecular weight excluding hydrogens is 554 g/mol. The van der Waals surface area contributed by atoms with Gasteiger partial charge in [-0.25, -0.2) is 8.42 Å². The van der Waals surface area contributed by atoms with Crippen LogP contribution in [0.4, 0.5) is 5.69 Å². The predicted molar refractivity (Wildman–Crippen MR) is 163 cm³/mol. The second-order valence-electron chi connectivity index (χ2n) is 10.6. The molecule has 1 aliphatic rings. The van der Waals surface area contributed by atoms with Crippen LogP contribution in [-0.2, 0) is 32.6 Å². The molecule has 9 nitrogen and oxygen atoms in total. The Morgan fingerprint density at radius 1 is 0.929 bits per heavy atom. The average Bonchev–Trinajstić information content (AvgIpc) is 2.97. The smallest absolute Gasteiger partial charge is 0.244 e. The van der Waals surface area contributed by atoms with Gasteiger partial charge < -0.3 is 19.7 Å². The highest BCUT2D eigenvalue weighted by atomic mass is 32.2. The van der Waals surface area contributed by atoms with Crippen LogP contribution < -0.4 is 19.1 Å². The van der Waals surface area contributed by atoms with Gasteiger partial charge in [0.1, 0.15) is 25.8 Å². The Hall–Kier alpha value is -4.05. The van der Waals surface area contributed by atoms with Crippen LogP contribution in [0.15, 0.2) is 72.8 Å². The Morgan fingerprint density at radius 3 is 2.29 bits per heavy atom. The van der Waals surface area contributed by atoms with E-state index in [0.717, 1.165) is 33.7 Å². The van der Waals surface area contributed by atoms with Crippen molar-refractivity contribution in [1.29, 1.82) is 0 Å². The summed E-state index contributed by atoms with van der Waals surface area (Å²) in [5.41, 5.74) is 3.01. The number of nitrogens with one attached hydrogen (secondary N) is 1. The maximum Gasteiger partial charge on any atom is 0.244 e. The number of anilines is 1. The van der Waals surface area contributed by atoms with Gasteiger partial charge in [0.2, 0.25) is 21.8 Å².